The van der Waals surface area contributed by atoms with Crippen molar-refractivity contribution in [1.29, 1.82) is 0 Å². The van der Waals surface area contributed by atoms with Crippen LogP contribution in [0.4, 0.5) is 14.5 Å². The van der Waals surface area contributed by atoms with Gasteiger partial charge in [-0.15, -0.1) is 0 Å². The van der Waals surface area contributed by atoms with E-state index in [-0.39, 0.29) is 16.5 Å². The fourth-order valence-corrected chi connectivity index (χ4v) is 2.34. The number of methoxy groups -OCH3 is 1. The Bertz CT molecular complexity index is 999. The molecular formula is C17H12F2N2O3. The lowest BCUT2D eigenvalue weighted by molar-refractivity contribution is 0.102. The SMILES string of the molecule is COc1cccc(NC(=O)c2c[nH]c3cc(F)cc(F)c3c2=O)c1. The maximum atomic E-state index is 13.9. The first-order chi connectivity index (χ1) is 11.5. The minimum Gasteiger partial charge on any atom is -0.497 e. The van der Waals surface area contributed by atoms with Crippen LogP contribution in [0.5, 0.6) is 5.75 Å². The molecule has 0 fully saturated rings. The summed E-state index contributed by atoms with van der Waals surface area (Å²) in [5.74, 6) is -2.02. The van der Waals surface area contributed by atoms with Gasteiger partial charge < -0.3 is 15.0 Å². The summed E-state index contributed by atoms with van der Waals surface area (Å²) in [7, 11) is 1.48. The zero-order chi connectivity index (χ0) is 17.3. The van der Waals surface area contributed by atoms with Crippen molar-refractivity contribution in [3.63, 3.8) is 0 Å². The topological polar surface area (TPSA) is 71.2 Å². The number of amides is 1. The largest absolute Gasteiger partial charge is 0.497 e. The van der Waals surface area contributed by atoms with Crippen LogP contribution in [0.1, 0.15) is 10.4 Å². The van der Waals surface area contributed by atoms with E-state index in [4.69, 9.17) is 4.74 Å². The Morgan fingerprint density at radius 3 is 2.75 bits per heavy atom. The molecule has 0 saturated carbocycles. The van der Waals surface area contributed by atoms with Crippen molar-refractivity contribution >= 4 is 22.5 Å². The second-order valence-corrected chi connectivity index (χ2v) is 5.03. The minimum atomic E-state index is -1.03. The Hall–Kier alpha value is -3.22. The number of aromatic nitrogens is 1. The Kier molecular flexibility index (Phi) is 3.99. The van der Waals surface area contributed by atoms with Gasteiger partial charge in [-0.1, -0.05) is 6.07 Å². The lowest BCUT2D eigenvalue weighted by Crippen LogP contribution is -2.22. The summed E-state index contributed by atoms with van der Waals surface area (Å²) in [6, 6.07) is 8.14. The molecule has 0 saturated heterocycles. The highest BCUT2D eigenvalue weighted by atomic mass is 19.1. The zero-order valence-electron chi connectivity index (χ0n) is 12.5. The number of carbonyl (C=O) groups excluding carboxylic acids is 1. The molecule has 3 aromatic rings. The van der Waals surface area contributed by atoms with Crippen LogP contribution in [0.3, 0.4) is 0 Å². The molecule has 0 aliphatic heterocycles. The molecule has 1 aromatic heterocycles. The molecule has 0 unspecified atom stereocenters. The van der Waals surface area contributed by atoms with Crippen molar-refractivity contribution in [3.8, 4) is 5.75 Å². The summed E-state index contributed by atoms with van der Waals surface area (Å²) in [6.45, 7) is 0. The number of nitrogens with one attached hydrogen (secondary N) is 2. The molecule has 2 aromatic carbocycles. The molecule has 5 nitrogen and oxygen atoms in total. The molecule has 2 N–H and O–H groups in total. The number of carbonyl (C=O) groups is 1. The van der Waals surface area contributed by atoms with E-state index < -0.39 is 23.0 Å². The summed E-state index contributed by atoms with van der Waals surface area (Å²) in [5.41, 5.74) is -0.702. The van der Waals surface area contributed by atoms with Gasteiger partial charge in [0.1, 0.15) is 22.9 Å². The quantitative estimate of drug-likeness (QED) is 0.775. The number of fused-ring (bicyclic) bond motifs is 1. The maximum absolute atomic E-state index is 13.9. The van der Waals surface area contributed by atoms with E-state index in [1.54, 1.807) is 24.3 Å². The molecule has 0 aliphatic rings. The van der Waals surface area contributed by atoms with Crippen molar-refractivity contribution in [2.45, 2.75) is 0 Å². The highest BCUT2D eigenvalue weighted by Crippen LogP contribution is 2.18. The summed E-state index contributed by atoms with van der Waals surface area (Å²) in [6.07, 6.45) is 1.12. The second kappa shape index (κ2) is 6.11. The Balaban J connectivity index is 2.01. The van der Waals surface area contributed by atoms with Gasteiger partial charge in [-0.25, -0.2) is 8.78 Å². The summed E-state index contributed by atoms with van der Waals surface area (Å²) in [4.78, 5) is 27.2. The molecule has 1 amide bonds. The van der Waals surface area contributed by atoms with Crippen molar-refractivity contribution < 1.29 is 18.3 Å². The predicted molar refractivity (Wildman–Crippen MR) is 85.4 cm³/mol. The normalized spacial score (nSPS) is 10.6. The lowest BCUT2D eigenvalue weighted by Gasteiger charge is -2.08. The van der Waals surface area contributed by atoms with Gasteiger partial charge in [0.25, 0.3) is 5.91 Å². The van der Waals surface area contributed by atoms with Crippen molar-refractivity contribution in [3.05, 3.63) is 70.0 Å². The van der Waals surface area contributed by atoms with Crippen molar-refractivity contribution in [2.75, 3.05) is 12.4 Å². The molecule has 0 aliphatic carbocycles. The van der Waals surface area contributed by atoms with Gasteiger partial charge in [-0.2, -0.15) is 0 Å². The predicted octanol–water partition coefficient (Wildman–Crippen LogP) is 3.07. The van der Waals surface area contributed by atoms with Gasteiger partial charge in [0.15, 0.2) is 0 Å². The molecule has 0 atom stereocenters. The van der Waals surface area contributed by atoms with Crippen molar-refractivity contribution in [2.24, 2.45) is 0 Å². The van der Waals surface area contributed by atoms with Gasteiger partial charge in [0.2, 0.25) is 5.43 Å². The fourth-order valence-electron chi connectivity index (χ4n) is 2.34. The molecule has 7 heteroatoms. The molecule has 1 heterocycles. The zero-order valence-corrected chi connectivity index (χ0v) is 12.5. The van der Waals surface area contributed by atoms with Crippen LogP contribution >= 0.6 is 0 Å². The third-order valence-corrected chi connectivity index (χ3v) is 3.47. The number of pyridine rings is 1. The van der Waals surface area contributed by atoms with E-state index >= 15 is 0 Å². The van der Waals surface area contributed by atoms with Crippen LogP contribution in [0, 0.1) is 11.6 Å². The Morgan fingerprint density at radius 1 is 1.21 bits per heavy atom. The van der Waals surface area contributed by atoms with Crippen LogP contribution in [0.25, 0.3) is 10.9 Å². The third kappa shape index (κ3) is 2.83. The number of anilines is 1. The Morgan fingerprint density at radius 2 is 2.00 bits per heavy atom. The number of aromatic amines is 1. The minimum absolute atomic E-state index is 0.0181. The molecule has 122 valence electrons. The van der Waals surface area contributed by atoms with Crippen LogP contribution in [0.2, 0.25) is 0 Å². The molecular weight excluding hydrogens is 318 g/mol. The van der Waals surface area contributed by atoms with Gasteiger partial charge >= 0.3 is 0 Å². The maximum Gasteiger partial charge on any atom is 0.261 e. The molecule has 0 bridgehead atoms. The average molecular weight is 330 g/mol. The fraction of sp³-hybridized carbons (Fsp3) is 0.0588. The first kappa shape index (κ1) is 15.7. The third-order valence-electron chi connectivity index (χ3n) is 3.47. The van der Waals surface area contributed by atoms with E-state index in [1.807, 2.05) is 0 Å². The average Bonchev–Trinajstić information content (AvgIpc) is 2.54. The highest BCUT2D eigenvalue weighted by molar-refractivity contribution is 6.05. The van der Waals surface area contributed by atoms with E-state index in [0.29, 0.717) is 17.5 Å². The summed E-state index contributed by atoms with van der Waals surface area (Å²) in [5, 5.41) is 2.17. The van der Waals surface area contributed by atoms with Crippen LogP contribution < -0.4 is 15.5 Å². The van der Waals surface area contributed by atoms with E-state index in [9.17, 15) is 18.4 Å². The second-order valence-electron chi connectivity index (χ2n) is 5.03. The van der Waals surface area contributed by atoms with Gasteiger partial charge in [-0.3, -0.25) is 9.59 Å². The van der Waals surface area contributed by atoms with E-state index in [2.05, 4.69) is 10.3 Å². The monoisotopic (exact) mass is 330 g/mol. The number of hydrogen-bond acceptors (Lipinski definition) is 3. The number of H-pyrrole nitrogens is 1. The van der Waals surface area contributed by atoms with Crippen molar-refractivity contribution in [1.82, 2.24) is 4.98 Å². The van der Waals surface area contributed by atoms with E-state index in [0.717, 1.165) is 12.3 Å². The van der Waals surface area contributed by atoms with E-state index in [1.165, 1.54) is 7.11 Å². The first-order valence-electron chi connectivity index (χ1n) is 6.95. The van der Waals surface area contributed by atoms with Crippen LogP contribution in [0.15, 0.2) is 47.4 Å². The smallest absolute Gasteiger partial charge is 0.261 e. The number of halogens is 2. The first-order valence-corrected chi connectivity index (χ1v) is 6.95. The van der Waals surface area contributed by atoms with Gasteiger partial charge in [0.05, 0.1) is 18.0 Å². The number of benzene rings is 2. The molecule has 0 spiro atoms. The number of rotatable bonds is 3. The Labute approximate surface area is 134 Å². The summed E-state index contributed by atoms with van der Waals surface area (Å²) < 4.78 is 32.1. The summed E-state index contributed by atoms with van der Waals surface area (Å²) >= 11 is 0. The number of hydrogen-bond donors (Lipinski definition) is 2. The van der Waals surface area contributed by atoms with Gasteiger partial charge in [0, 0.05) is 24.0 Å². The lowest BCUT2D eigenvalue weighted by atomic mass is 10.1. The number of ether oxygens (including phenoxy) is 1. The van der Waals surface area contributed by atoms with Gasteiger partial charge in [-0.05, 0) is 18.2 Å². The molecule has 0 radical (unpaired) electrons. The van der Waals surface area contributed by atoms with Crippen LogP contribution in [-0.4, -0.2) is 18.0 Å². The molecule has 3 rings (SSSR count). The highest BCUT2D eigenvalue weighted by Gasteiger charge is 2.16. The standard InChI is InChI=1S/C17H12F2N2O3/c1-24-11-4-2-3-10(7-11)21-17(23)12-8-20-14-6-9(18)5-13(19)15(14)16(12)22/h2-8H,1H3,(H,20,22)(H,21,23). The van der Waals surface area contributed by atoms with Crippen LogP contribution in [-0.2, 0) is 0 Å². The molecule has 24 heavy (non-hydrogen) atoms.